The minimum atomic E-state index is -0.0192. The number of nitriles is 1. The number of hydrogen-bond donors (Lipinski definition) is 0. The van der Waals surface area contributed by atoms with E-state index in [1.165, 1.54) is 17.4 Å². The molecule has 0 N–H and O–H groups in total. The molecule has 3 aliphatic heterocycles. The highest BCUT2D eigenvalue weighted by molar-refractivity contribution is 5.95. The van der Waals surface area contributed by atoms with Gasteiger partial charge in [0.15, 0.2) is 0 Å². The number of anilines is 2. The molecule has 3 atom stereocenters. The molecule has 0 radical (unpaired) electrons. The largest absolute Gasteiger partial charge is 0.489 e. The lowest BCUT2D eigenvalue weighted by Gasteiger charge is -2.41. The number of piperazine rings is 1. The lowest BCUT2D eigenvalue weighted by Crippen LogP contribution is -2.52. The molecule has 3 aromatic carbocycles. The second kappa shape index (κ2) is 13.8. The lowest BCUT2D eigenvalue weighted by atomic mass is 10.0. The maximum atomic E-state index is 9.52. The van der Waals surface area contributed by atoms with Crippen LogP contribution in [-0.2, 0) is 19.6 Å². The van der Waals surface area contributed by atoms with Crippen LogP contribution in [0.5, 0.6) is 11.8 Å². The van der Waals surface area contributed by atoms with Crippen molar-refractivity contribution in [3.8, 4) is 17.8 Å². The summed E-state index contributed by atoms with van der Waals surface area (Å²) in [6.07, 6.45) is 3.61. The number of fused-ring (bicyclic) bond motifs is 2. The van der Waals surface area contributed by atoms with Gasteiger partial charge in [0.05, 0.1) is 24.7 Å². The SMILES string of the molecule is C[C@@H](Oc1nc2c(c(N3CCN(C)[C@@H](CC#N)C3)n1)CCN(c1cc(OCc3ccccc3)cc3ccccc13)C2)[C@H]1CCCN1C. The standard InChI is InChI=1S/C38H45N7O2/c1-27(35-14-9-18-43(35)3)47-38-40-34-25-44(19-16-33(34)37(41-38)45-21-20-42(2)30(24-45)15-17-39)36-23-31(22-29-12-7-8-13-32(29)36)46-26-28-10-5-4-6-11-28/h4-8,10-13,22-23,27,30,35H,9,14-16,18-21,24-26H2,1-3H3/t27-,30+,35-/m1/s1. The van der Waals surface area contributed by atoms with Gasteiger partial charge in [0.1, 0.15) is 24.3 Å². The van der Waals surface area contributed by atoms with E-state index in [0.29, 0.717) is 31.6 Å². The molecular weight excluding hydrogens is 586 g/mol. The summed E-state index contributed by atoms with van der Waals surface area (Å²) in [7, 11) is 4.29. The average Bonchev–Trinajstić information content (AvgIpc) is 3.53. The van der Waals surface area contributed by atoms with Crippen LogP contribution in [0.15, 0.2) is 66.7 Å². The van der Waals surface area contributed by atoms with E-state index in [2.05, 4.69) is 95.2 Å². The fraction of sp³-hybridized carbons (Fsp3) is 0.447. The molecule has 244 valence electrons. The smallest absolute Gasteiger partial charge is 0.318 e. The Hall–Kier alpha value is -4.39. The Labute approximate surface area is 278 Å². The van der Waals surface area contributed by atoms with Crippen LogP contribution in [0, 0.1) is 11.3 Å². The Morgan fingerprint density at radius 3 is 2.57 bits per heavy atom. The van der Waals surface area contributed by atoms with Gasteiger partial charge in [0.25, 0.3) is 0 Å². The number of likely N-dealkylation sites (N-methyl/N-ethyl adjacent to an activating group) is 2. The normalized spacial score (nSPS) is 21.0. The van der Waals surface area contributed by atoms with Crippen molar-refractivity contribution in [3.05, 3.63) is 83.6 Å². The molecule has 0 spiro atoms. The molecule has 0 saturated carbocycles. The van der Waals surface area contributed by atoms with Crippen molar-refractivity contribution in [2.45, 2.75) is 63.9 Å². The van der Waals surface area contributed by atoms with Gasteiger partial charge in [-0.25, -0.2) is 0 Å². The monoisotopic (exact) mass is 631 g/mol. The third-order valence-corrected chi connectivity index (χ3v) is 10.2. The summed E-state index contributed by atoms with van der Waals surface area (Å²) in [5.41, 5.74) is 4.50. The second-order valence-corrected chi connectivity index (χ2v) is 13.3. The fourth-order valence-corrected chi connectivity index (χ4v) is 7.50. The molecule has 9 nitrogen and oxygen atoms in total. The van der Waals surface area contributed by atoms with Gasteiger partial charge in [0.2, 0.25) is 0 Å². The summed E-state index contributed by atoms with van der Waals surface area (Å²) in [5, 5.41) is 11.9. The van der Waals surface area contributed by atoms with E-state index in [-0.39, 0.29) is 12.1 Å². The third-order valence-electron chi connectivity index (χ3n) is 10.2. The van der Waals surface area contributed by atoms with Crippen LogP contribution in [0.1, 0.15) is 43.0 Å². The first-order valence-corrected chi connectivity index (χ1v) is 17.0. The van der Waals surface area contributed by atoms with E-state index >= 15 is 0 Å². The number of aromatic nitrogens is 2. The van der Waals surface area contributed by atoms with Crippen molar-refractivity contribution in [1.82, 2.24) is 19.8 Å². The van der Waals surface area contributed by atoms with Crippen molar-refractivity contribution in [3.63, 3.8) is 0 Å². The summed E-state index contributed by atoms with van der Waals surface area (Å²) in [5.74, 6) is 1.83. The van der Waals surface area contributed by atoms with Gasteiger partial charge in [0, 0.05) is 61.0 Å². The summed E-state index contributed by atoms with van der Waals surface area (Å²) in [6.45, 7) is 7.76. The average molecular weight is 632 g/mol. The summed E-state index contributed by atoms with van der Waals surface area (Å²) < 4.78 is 12.9. The van der Waals surface area contributed by atoms with Crippen LogP contribution in [0.3, 0.4) is 0 Å². The van der Waals surface area contributed by atoms with Crippen LogP contribution in [-0.4, -0.2) is 84.8 Å². The zero-order chi connectivity index (χ0) is 32.3. The highest BCUT2D eigenvalue weighted by atomic mass is 16.5. The highest BCUT2D eigenvalue weighted by Gasteiger charge is 2.33. The second-order valence-electron chi connectivity index (χ2n) is 13.3. The minimum absolute atomic E-state index is 0.0192. The van der Waals surface area contributed by atoms with E-state index in [4.69, 9.17) is 19.4 Å². The molecule has 3 aliphatic rings. The van der Waals surface area contributed by atoms with Crippen LogP contribution >= 0.6 is 0 Å². The van der Waals surface area contributed by atoms with Crippen molar-refractivity contribution in [2.24, 2.45) is 0 Å². The Morgan fingerprint density at radius 2 is 1.77 bits per heavy atom. The van der Waals surface area contributed by atoms with Crippen LogP contribution in [0.2, 0.25) is 0 Å². The molecule has 0 unspecified atom stereocenters. The molecule has 0 aliphatic carbocycles. The molecule has 0 amide bonds. The number of ether oxygens (including phenoxy) is 2. The topological polar surface area (TPSA) is 81.0 Å². The number of rotatable bonds is 9. The van der Waals surface area contributed by atoms with Gasteiger partial charge in [-0.1, -0.05) is 54.6 Å². The number of benzene rings is 3. The molecule has 2 saturated heterocycles. The number of nitrogens with zero attached hydrogens (tertiary/aromatic N) is 7. The predicted molar refractivity (Wildman–Crippen MR) is 186 cm³/mol. The van der Waals surface area contributed by atoms with E-state index in [9.17, 15) is 5.26 Å². The highest BCUT2D eigenvalue weighted by Crippen LogP contribution is 2.37. The fourth-order valence-electron chi connectivity index (χ4n) is 7.50. The third kappa shape index (κ3) is 6.71. The molecule has 4 aromatic rings. The minimum Gasteiger partial charge on any atom is -0.489 e. The predicted octanol–water partition coefficient (Wildman–Crippen LogP) is 5.67. The first-order valence-electron chi connectivity index (χ1n) is 17.0. The van der Waals surface area contributed by atoms with Crippen molar-refractivity contribution < 1.29 is 9.47 Å². The quantitative estimate of drug-likeness (QED) is 0.232. The van der Waals surface area contributed by atoms with Crippen molar-refractivity contribution in [1.29, 1.82) is 5.26 Å². The summed E-state index contributed by atoms with van der Waals surface area (Å²) >= 11 is 0. The van der Waals surface area contributed by atoms with Gasteiger partial charge in [-0.15, -0.1) is 0 Å². The van der Waals surface area contributed by atoms with Crippen molar-refractivity contribution >= 4 is 22.3 Å². The molecule has 1 aromatic heterocycles. The van der Waals surface area contributed by atoms with Gasteiger partial charge in [-0.05, 0) is 63.8 Å². The molecule has 2 fully saturated rings. The molecular formula is C38H45N7O2. The Kier molecular flexibility index (Phi) is 9.14. The van der Waals surface area contributed by atoms with Gasteiger partial charge in [-0.3, -0.25) is 9.80 Å². The van der Waals surface area contributed by atoms with Crippen molar-refractivity contribution in [2.75, 3.05) is 56.6 Å². The van der Waals surface area contributed by atoms with Gasteiger partial charge >= 0.3 is 6.01 Å². The van der Waals surface area contributed by atoms with E-state index in [1.807, 2.05) is 18.2 Å². The Balaban J connectivity index is 1.22. The van der Waals surface area contributed by atoms with Crippen LogP contribution < -0.4 is 19.3 Å². The number of likely N-dealkylation sites (tertiary alicyclic amines) is 1. The van der Waals surface area contributed by atoms with Gasteiger partial charge < -0.3 is 19.3 Å². The molecule has 0 bridgehead atoms. The van der Waals surface area contributed by atoms with E-state index in [1.54, 1.807) is 0 Å². The number of hydrogen-bond acceptors (Lipinski definition) is 9. The zero-order valence-corrected chi connectivity index (χ0v) is 27.8. The molecule has 7 rings (SSSR count). The Morgan fingerprint density at radius 1 is 0.936 bits per heavy atom. The van der Waals surface area contributed by atoms with Gasteiger partial charge in [-0.2, -0.15) is 15.2 Å². The maximum absolute atomic E-state index is 9.52. The summed E-state index contributed by atoms with van der Waals surface area (Å²) in [4.78, 5) is 19.7. The first kappa shape index (κ1) is 31.2. The molecule has 4 heterocycles. The summed E-state index contributed by atoms with van der Waals surface area (Å²) in [6, 6.07) is 26.5. The van der Waals surface area contributed by atoms with Crippen LogP contribution in [0.25, 0.3) is 10.8 Å². The van der Waals surface area contributed by atoms with E-state index < -0.39 is 0 Å². The zero-order valence-electron chi connectivity index (χ0n) is 27.8. The van der Waals surface area contributed by atoms with Crippen LogP contribution in [0.4, 0.5) is 11.5 Å². The molecule has 9 heteroatoms. The van der Waals surface area contributed by atoms with E-state index in [0.717, 1.165) is 79.5 Å². The maximum Gasteiger partial charge on any atom is 0.318 e. The Bertz CT molecular complexity index is 1740. The molecule has 47 heavy (non-hydrogen) atoms. The lowest BCUT2D eigenvalue weighted by molar-refractivity contribution is 0.111. The first-order chi connectivity index (χ1) is 23.0.